The van der Waals surface area contributed by atoms with Crippen molar-refractivity contribution in [2.45, 2.75) is 20.3 Å². The van der Waals surface area contributed by atoms with Crippen LogP contribution in [-0.2, 0) is 16.0 Å². The summed E-state index contributed by atoms with van der Waals surface area (Å²) >= 11 is 5.44. The van der Waals surface area contributed by atoms with Crippen molar-refractivity contribution in [2.24, 2.45) is 0 Å². The number of carbonyl (C=O) groups excluding carboxylic acids is 2. The monoisotopic (exact) mass is 342 g/mol. The van der Waals surface area contributed by atoms with E-state index in [2.05, 4.69) is 10.6 Å². The van der Waals surface area contributed by atoms with E-state index in [4.69, 9.17) is 21.1 Å². The summed E-state index contributed by atoms with van der Waals surface area (Å²) < 4.78 is 11.0. The summed E-state index contributed by atoms with van der Waals surface area (Å²) in [5.74, 6) is 0.310. The number of rotatable bonds is 9. The predicted octanol–water partition coefficient (Wildman–Crippen LogP) is 1.50. The molecular weight excluding hydrogens is 320 g/mol. The lowest BCUT2D eigenvalue weighted by atomic mass is 10.1. The summed E-state index contributed by atoms with van der Waals surface area (Å²) in [6.07, 6.45) is 0.584. The van der Waals surface area contributed by atoms with Gasteiger partial charge in [-0.2, -0.15) is 0 Å². The second-order valence-corrected chi connectivity index (χ2v) is 4.98. The number of alkyl halides is 1. The van der Waals surface area contributed by atoms with E-state index in [9.17, 15) is 9.59 Å². The quantitative estimate of drug-likeness (QED) is 0.526. The number of nitrogens with one attached hydrogen (secondary N) is 2. The minimum atomic E-state index is -0.674. The van der Waals surface area contributed by atoms with E-state index in [0.29, 0.717) is 37.7 Å². The summed E-state index contributed by atoms with van der Waals surface area (Å²) in [6.45, 7) is 5.54. The highest BCUT2D eigenvalue weighted by Gasteiger charge is 2.12. The van der Waals surface area contributed by atoms with E-state index in [1.807, 2.05) is 32.0 Å². The van der Waals surface area contributed by atoms with E-state index in [-0.39, 0.29) is 12.4 Å². The van der Waals surface area contributed by atoms with Crippen LogP contribution in [0.2, 0.25) is 0 Å². The molecule has 0 radical (unpaired) electrons. The molecule has 128 valence electrons. The molecule has 1 aromatic carbocycles. The highest BCUT2D eigenvalue weighted by molar-refractivity contribution is 6.35. The molecule has 0 fully saturated rings. The average Bonchev–Trinajstić information content (AvgIpc) is 2.55. The Kier molecular flexibility index (Phi) is 8.90. The molecular formula is C16H23ClN2O4. The highest BCUT2D eigenvalue weighted by Crippen LogP contribution is 2.28. The molecule has 0 unspecified atom stereocenters. The Bertz CT molecular complexity index is 523. The summed E-state index contributed by atoms with van der Waals surface area (Å²) in [4.78, 5) is 22.9. The van der Waals surface area contributed by atoms with Crippen molar-refractivity contribution in [3.8, 4) is 11.5 Å². The smallest absolute Gasteiger partial charge is 0.309 e. The summed E-state index contributed by atoms with van der Waals surface area (Å²) in [5.41, 5.74) is 0.985. The number of halogens is 1. The second-order valence-electron chi connectivity index (χ2n) is 4.60. The highest BCUT2D eigenvalue weighted by atomic mass is 35.5. The van der Waals surface area contributed by atoms with E-state index >= 15 is 0 Å². The first-order valence-corrected chi connectivity index (χ1v) is 8.16. The van der Waals surface area contributed by atoms with Crippen LogP contribution in [0.5, 0.6) is 11.5 Å². The predicted molar refractivity (Wildman–Crippen MR) is 89.2 cm³/mol. The number of hydrogen-bond acceptors (Lipinski definition) is 4. The van der Waals surface area contributed by atoms with Crippen molar-refractivity contribution in [3.05, 3.63) is 23.8 Å². The first-order valence-electron chi connectivity index (χ1n) is 7.62. The van der Waals surface area contributed by atoms with Crippen LogP contribution >= 0.6 is 11.6 Å². The zero-order valence-corrected chi connectivity index (χ0v) is 14.2. The normalized spacial score (nSPS) is 10.0. The Morgan fingerprint density at radius 2 is 1.61 bits per heavy atom. The Balaban J connectivity index is 2.52. The second kappa shape index (κ2) is 10.7. The first-order chi connectivity index (χ1) is 11.1. The Morgan fingerprint density at radius 1 is 1.00 bits per heavy atom. The van der Waals surface area contributed by atoms with Gasteiger partial charge >= 0.3 is 11.8 Å². The van der Waals surface area contributed by atoms with Gasteiger partial charge in [-0.1, -0.05) is 6.07 Å². The summed E-state index contributed by atoms with van der Waals surface area (Å²) in [5, 5.41) is 4.97. The molecule has 0 spiro atoms. The number of hydrogen-bond donors (Lipinski definition) is 2. The van der Waals surface area contributed by atoms with Crippen molar-refractivity contribution in [3.63, 3.8) is 0 Å². The standard InChI is InChI=1S/C16H23ClN2O4/c1-3-22-13-6-5-12(11-14(13)23-4-2)7-9-18-15(20)16(21)19-10-8-17/h5-6,11H,3-4,7-10H2,1-2H3,(H,18,20)(H,19,21). The minimum Gasteiger partial charge on any atom is -0.490 e. The maximum absolute atomic E-state index is 11.5. The maximum atomic E-state index is 11.5. The number of ether oxygens (including phenoxy) is 2. The molecule has 1 rings (SSSR count). The van der Waals surface area contributed by atoms with Gasteiger partial charge in [0.2, 0.25) is 0 Å². The zero-order valence-electron chi connectivity index (χ0n) is 13.5. The van der Waals surface area contributed by atoms with Crippen LogP contribution in [0.3, 0.4) is 0 Å². The Labute approximate surface area is 141 Å². The molecule has 1 aromatic rings. The largest absolute Gasteiger partial charge is 0.490 e. The van der Waals surface area contributed by atoms with Gasteiger partial charge in [0.15, 0.2) is 11.5 Å². The third-order valence-electron chi connectivity index (χ3n) is 2.89. The van der Waals surface area contributed by atoms with Gasteiger partial charge in [0.05, 0.1) is 13.2 Å². The number of amides is 2. The van der Waals surface area contributed by atoms with Crippen LogP contribution in [0, 0.1) is 0 Å². The molecule has 0 heterocycles. The molecule has 0 aliphatic heterocycles. The minimum absolute atomic E-state index is 0.268. The van der Waals surface area contributed by atoms with Gasteiger partial charge in [0.25, 0.3) is 0 Å². The van der Waals surface area contributed by atoms with Gasteiger partial charge < -0.3 is 20.1 Å². The Hall–Kier alpha value is -1.95. The van der Waals surface area contributed by atoms with Crippen LogP contribution < -0.4 is 20.1 Å². The van der Waals surface area contributed by atoms with Crippen LogP contribution in [-0.4, -0.2) is 44.0 Å². The molecule has 2 N–H and O–H groups in total. The molecule has 2 amide bonds. The molecule has 0 atom stereocenters. The molecule has 0 aliphatic rings. The SMILES string of the molecule is CCOc1ccc(CCNC(=O)C(=O)NCCCl)cc1OCC. The van der Waals surface area contributed by atoms with E-state index in [1.54, 1.807) is 0 Å². The lowest BCUT2D eigenvalue weighted by Gasteiger charge is -2.12. The van der Waals surface area contributed by atoms with Crippen LogP contribution in [0.1, 0.15) is 19.4 Å². The maximum Gasteiger partial charge on any atom is 0.309 e. The molecule has 0 aliphatic carbocycles. The fraction of sp³-hybridized carbons (Fsp3) is 0.500. The fourth-order valence-corrected chi connectivity index (χ4v) is 1.99. The molecule has 0 saturated carbocycles. The van der Waals surface area contributed by atoms with Gasteiger partial charge in [-0.25, -0.2) is 0 Å². The topological polar surface area (TPSA) is 76.7 Å². The molecule has 7 heteroatoms. The molecule has 23 heavy (non-hydrogen) atoms. The molecule has 0 aromatic heterocycles. The van der Waals surface area contributed by atoms with Gasteiger partial charge in [0, 0.05) is 19.0 Å². The third-order valence-corrected chi connectivity index (χ3v) is 3.08. The fourth-order valence-electron chi connectivity index (χ4n) is 1.89. The van der Waals surface area contributed by atoms with E-state index in [1.165, 1.54) is 0 Å². The summed E-state index contributed by atoms with van der Waals surface area (Å²) in [7, 11) is 0. The third kappa shape index (κ3) is 6.78. The Morgan fingerprint density at radius 3 is 2.22 bits per heavy atom. The van der Waals surface area contributed by atoms with Crippen molar-refractivity contribution >= 4 is 23.4 Å². The summed E-state index contributed by atoms with van der Waals surface area (Å²) in [6, 6.07) is 5.64. The van der Waals surface area contributed by atoms with E-state index < -0.39 is 11.8 Å². The molecule has 6 nitrogen and oxygen atoms in total. The van der Waals surface area contributed by atoms with Crippen LogP contribution in [0.25, 0.3) is 0 Å². The van der Waals surface area contributed by atoms with Gasteiger partial charge in [0.1, 0.15) is 0 Å². The van der Waals surface area contributed by atoms with Crippen molar-refractivity contribution in [1.29, 1.82) is 0 Å². The van der Waals surface area contributed by atoms with Gasteiger partial charge in [-0.15, -0.1) is 11.6 Å². The van der Waals surface area contributed by atoms with Crippen molar-refractivity contribution in [2.75, 3.05) is 32.2 Å². The van der Waals surface area contributed by atoms with Gasteiger partial charge in [-0.3, -0.25) is 9.59 Å². The number of benzene rings is 1. The number of carbonyl (C=O) groups is 2. The van der Waals surface area contributed by atoms with Crippen molar-refractivity contribution < 1.29 is 19.1 Å². The van der Waals surface area contributed by atoms with E-state index in [0.717, 1.165) is 5.56 Å². The molecule has 0 saturated heterocycles. The van der Waals surface area contributed by atoms with Crippen LogP contribution in [0.4, 0.5) is 0 Å². The molecule has 0 bridgehead atoms. The zero-order chi connectivity index (χ0) is 17.1. The lowest BCUT2D eigenvalue weighted by molar-refractivity contribution is -0.139. The average molecular weight is 343 g/mol. The lowest BCUT2D eigenvalue weighted by Crippen LogP contribution is -2.41. The van der Waals surface area contributed by atoms with Crippen LogP contribution in [0.15, 0.2) is 18.2 Å². The first kappa shape index (κ1) is 19.1. The van der Waals surface area contributed by atoms with Gasteiger partial charge in [-0.05, 0) is 38.0 Å². The van der Waals surface area contributed by atoms with Crippen molar-refractivity contribution in [1.82, 2.24) is 10.6 Å².